The Labute approximate surface area is 121 Å². The molecular formula is C16H14BrCl. The Hall–Kier alpha value is -0.790. The molecular weight excluding hydrogens is 308 g/mol. The van der Waals surface area contributed by atoms with Gasteiger partial charge in [-0.05, 0) is 53.6 Å². The maximum Gasteiger partial charge on any atom is 0.0645 e. The summed E-state index contributed by atoms with van der Waals surface area (Å²) in [4.78, 5) is 0.224. The Kier molecular flexibility index (Phi) is 3.45. The van der Waals surface area contributed by atoms with Crippen molar-refractivity contribution < 1.29 is 0 Å². The molecule has 2 aromatic carbocycles. The average molecular weight is 322 g/mol. The Balaban J connectivity index is 1.95. The molecule has 2 aromatic rings. The van der Waals surface area contributed by atoms with Gasteiger partial charge in [-0.15, -0.1) is 0 Å². The van der Waals surface area contributed by atoms with Crippen molar-refractivity contribution >= 4 is 27.5 Å². The van der Waals surface area contributed by atoms with Gasteiger partial charge in [0.1, 0.15) is 0 Å². The summed E-state index contributed by atoms with van der Waals surface area (Å²) in [6.45, 7) is 0. The van der Waals surface area contributed by atoms with E-state index >= 15 is 0 Å². The quantitative estimate of drug-likeness (QED) is 0.657. The molecule has 0 saturated heterocycles. The third kappa shape index (κ3) is 2.34. The summed E-state index contributed by atoms with van der Waals surface area (Å²) in [6, 6.07) is 14.9. The second kappa shape index (κ2) is 5.07. The maximum atomic E-state index is 6.05. The van der Waals surface area contributed by atoms with Gasteiger partial charge in [-0.1, -0.05) is 57.9 Å². The van der Waals surface area contributed by atoms with Crippen molar-refractivity contribution in [2.24, 2.45) is 0 Å². The molecule has 18 heavy (non-hydrogen) atoms. The number of aryl methyl sites for hydroxylation is 2. The second-order valence-electron chi connectivity index (χ2n) is 4.80. The van der Waals surface area contributed by atoms with E-state index in [2.05, 4.69) is 40.2 Å². The fraction of sp³-hybridized carbons (Fsp3) is 0.250. The zero-order chi connectivity index (χ0) is 12.5. The van der Waals surface area contributed by atoms with Gasteiger partial charge in [0.15, 0.2) is 0 Å². The molecule has 0 amide bonds. The van der Waals surface area contributed by atoms with Crippen LogP contribution in [-0.4, -0.2) is 0 Å². The smallest absolute Gasteiger partial charge is 0.0645 e. The van der Waals surface area contributed by atoms with Crippen LogP contribution in [0.15, 0.2) is 42.5 Å². The van der Waals surface area contributed by atoms with Crippen LogP contribution in [0.5, 0.6) is 0 Å². The van der Waals surface area contributed by atoms with Crippen LogP contribution in [0.25, 0.3) is 0 Å². The van der Waals surface area contributed by atoms with Gasteiger partial charge < -0.3 is 0 Å². The third-order valence-electron chi connectivity index (χ3n) is 3.56. The highest BCUT2D eigenvalue weighted by Gasteiger charge is 2.15. The monoisotopic (exact) mass is 320 g/mol. The zero-order valence-corrected chi connectivity index (χ0v) is 12.3. The molecule has 0 nitrogen and oxygen atoms in total. The van der Waals surface area contributed by atoms with E-state index in [1.54, 1.807) is 0 Å². The number of hydrogen-bond donors (Lipinski definition) is 0. The van der Waals surface area contributed by atoms with Crippen molar-refractivity contribution in [1.82, 2.24) is 0 Å². The van der Waals surface area contributed by atoms with Crippen LogP contribution < -0.4 is 0 Å². The van der Waals surface area contributed by atoms with Crippen molar-refractivity contribution in [1.29, 1.82) is 0 Å². The predicted molar refractivity (Wildman–Crippen MR) is 80.7 cm³/mol. The Morgan fingerprint density at radius 2 is 1.72 bits per heavy atom. The molecule has 1 unspecified atom stereocenters. The Morgan fingerprint density at radius 1 is 0.944 bits per heavy atom. The summed E-state index contributed by atoms with van der Waals surface area (Å²) in [6.07, 6.45) is 3.75. The van der Waals surface area contributed by atoms with E-state index in [-0.39, 0.29) is 4.83 Å². The first-order chi connectivity index (χ1) is 8.74. The topological polar surface area (TPSA) is 0 Å². The highest BCUT2D eigenvalue weighted by Crippen LogP contribution is 2.34. The normalized spacial score (nSPS) is 15.4. The van der Waals surface area contributed by atoms with E-state index in [9.17, 15) is 0 Å². The van der Waals surface area contributed by atoms with Gasteiger partial charge in [-0.2, -0.15) is 0 Å². The van der Waals surface area contributed by atoms with E-state index in [1.807, 2.05) is 18.2 Å². The molecule has 0 aromatic heterocycles. The van der Waals surface area contributed by atoms with E-state index in [1.165, 1.54) is 41.5 Å². The first kappa shape index (κ1) is 12.3. The highest BCUT2D eigenvalue weighted by molar-refractivity contribution is 9.09. The van der Waals surface area contributed by atoms with Gasteiger partial charge in [-0.3, -0.25) is 0 Å². The maximum absolute atomic E-state index is 6.05. The van der Waals surface area contributed by atoms with Gasteiger partial charge in [0.05, 0.1) is 4.83 Å². The van der Waals surface area contributed by atoms with Crippen LogP contribution in [0.1, 0.15) is 33.5 Å². The molecule has 0 aliphatic heterocycles. The molecule has 0 bridgehead atoms. The van der Waals surface area contributed by atoms with Crippen molar-refractivity contribution in [2.75, 3.05) is 0 Å². The van der Waals surface area contributed by atoms with Crippen molar-refractivity contribution in [3.05, 3.63) is 69.7 Å². The van der Waals surface area contributed by atoms with Gasteiger partial charge in [0.25, 0.3) is 0 Å². The fourth-order valence-electron chi connectivity index (χ4n) is 2.61. The van der Waals surface area contributed by atoms with Gasteiger partial charge in [-0.25, -0.2) is 0 Å². The number of benzene rings is 2. The fourth-order valence-corrected chi connectivity index (χ4v) is 3.37. The summed E-state index contributed by atoms with van der Waals surface area (Å²) in [5, 5.41) is 0.790. The van der Waals surface area contributed by atoms with Crippen LogP contribution in [-0.2, 0) is 12.8 Å². The lowest BCUT2D eigenvalue weighted by Gasteiger charge is -2.12. The minimum atomic E-state index is 0.224. The standard InChI is InChI=1S/C16H14BrCl/c17-16(13-5-2-6-15(18)10-13)14-8-7-11-3-1-4-12(11)9-14/h2,5-10,16H,1,3-4H2. The summed E-state index contributed by atoms with van der Waals surface area (Å²) in [5.74, 6) is 0. The van der Waals surface area contributed by atoms with Crippen LogP contribution >= 0.6 is 27.5 Å². The molecule has 0 heterocycles. The zero-order valence-electron chi connectivity index (χ0n) is 10.00. The third-order valence-corrected chi connectivity index (χ3v) is 4.85. The van der Waals surface area contributed by atoms with Crippen molar-refractivity contribution in [2.45, 2.75) is 24.1 Å². The molecule has 0 fully saturated rings. The SMILES string of the molecule is Clc1cccc(C(Br)c2ccc3c(c2)CCC3)c1. The van der Waals surface area contributed by atoms with E-state index in [0.717, 1.165) is 5.02 Å². The number of fused-ring (bicyclic) bond motifs is 1. The molecule has 0 radical (unpaired) electrons. The minimum absolute atomic E-state index is 0.224. The molecule has 1 aliphatic rings. The lowest BCUT2D eigenvalue weighted by atomic mass is 10.0. The number of alkyl halides is 1. The van der Waals surface area contributed by atoms with Crippen LogP contribution in [0.4, 0.5) is 0 Å². The van der Waals surface area contributed by atoms with Crippen LogP contribution in [0, 0.1) is 0 Å². The van der Waals surface area contributed by atoms with Gasteiger partial charge >= 0.3 is 0 Å². The van der Waals surface area contributed by atoms with Gasteiger partial charge in [0.2, 0.25) is 0 Å². The molecule has 2 heteroatoms. The van der Waals surface area contributed by atoms with E-state index in [4.69, 9.17) is 11.6 Å². The number of rotatable bonds is 2. The predicted octanol–water partition coefficient (Wildman–Crippen LogP) is 5.31. The summed E-state index contributed by atoms with van der Waals surface area (Å²) in [5.41, 5.74) is 5.56. The number of hydrogen-bond acceptors (Lipinski definition) is 0. The average Bonchev–Trinajstić information content (AvgIpc) is 2.85. The van der Waals surface area contributed by atoms with Crippen LogP contribution in [0.3, 0.4) is 0 Å². The largest absolute Gasteiger partial charge is 0.0843 e. The molecule has 0 spiro atoms. The molecule has 1 atom stereocenters. The summed E-state index contributed by atoms with van der Waals surface area (Å²) in [7, 11) is 0. The molecule has 0 saturated carbocycles. The van der Waals surface area contributed by atoms with Crippen molar-refractivity contribution in [3.8, 4) is 0 Å². The molecule has 3 rings (SSSR count). The number of halogens is 2. The highest BCUT2D eigenvalue weighted by atomic mass is 79.9. The first-order valence-corrected chi connectivity index (χ1v) is 7.54. The molecule has 1 aliphatic carbocycles. The lowest BCUT2D eigenvalue weighted by Crippen LogP contribution is -1.94. The van der Waals surface area contributed by atoms with Crippen LogP contribution in [0.2, 0.25) is 5.02 Å². The Bertz CT molecular complexity index is 577. The molecule has 0 N–H and O–H groups in total. The van der Waals surface area contributed by atoms with Crippen molar-refractivity contribution in [3.63, 3.8) is 0 Å². The second-order valence-corrected chi connectivity index (χ2v) is 6.15. The Morgan fingerprint density at radius 3 is 2.56 bits per heavy atom. The van der Waals surface area contributed by atoms with E-state index < -0.39 is 0 Å². The minimum Gasteiger partial charge on any atom is -0.0843 e. The summed E-state index contributed by atoms with van der Waals surface area (Å²) < 4.78 is 0. The van der Waals surface area contributed by atoms with Gasteiger partial charge in [0, 0.05) is 5.02 Å². The first-order valence-electron chi connectivity index (χ1n) is 6.25. The molecule has 92 valence electrons. The van der Waals surface area contributed by atoms with E-state index in [0.29, 0.717) is 0 Å². The lowest BCUT2D eigenvalue weighted by molar-refractivity contribution is 0.911. The summed E-state index contributed by atoms with van der Waals surface area (Å²) >= 11 is 9.83.